The number of carbonyl (C=O) groups is 1. The van der Waals surface area contributed by atoms with E-state index in [4.69, 9.17) is 14.5 Å². The van der Waals surface area contributed by atoms with E-state index in [9.17, 15) is 4.79 Å². The first-order valence-corrected chi connectivity index (χ1v) is 10.5. The second-order valence-electron chi connectivity index (χ2n) is 7.97. The van der Waals surface area contributed by atoms with Gasteiger partial charge in [-0.3, -0.25) is 9.78 Å². The number of ether oxygens (including phenoxy) is 2. The van der Waals surface area contributed by atoms with Crippen LogP contribution in [0.2, 0.25) is 0 Å². The zero-order valence-corrected chi connectivity index (χ0v) is 17.9. The van der Waals surface area contributed by atoms with Crippen molar-refractivity contribution in [2.75, 3.05) is 51.0 Å². The molecule has 8 heteroatoms. The molecule has 0 aromatic carbocycles. The van der Waals surface area contributed by atoms with Gasteiger partial charge in [0.15, 0.2) is 0 Å². The van der Waals surface area contributed by atoms with Gasteiger partial charge in [0.05, 0.1) is 24.9 Å². The summed E-state index contributed by atoms with van der Waals surface area (Å²) < 4.78 is 11.2. The average molecular weight is 412 g/mol. The van der Waals surface area contributed by atoms with E-state index < -0.39 is 0 Å². The van der Waals surface area contributed by atoms with Crippen molar-refractivity contribution in [3.63, 3.8) is 0 Å². The predicted molar refractivity (Wildman–Crippen MR) is 113 cm³/mol. The van der Waals surface area contributed by atoms with E-state index in [0.717, 1.165) is 29.2 Å². The van der Waals surface area contributed by atoms with E-state index >= 15 is 0 Å². The van der Waals surface area contributed by atoms with Gasteiger partial charge in [0.1, 0.15) is 6.61 Å². The summed E-state index contributed by atoms with van der Waals surface area (Å²) in [5.74, 6) is 0.914. The highest BCUT2D eigenvalue weighted by Crippen LogP contribution is 2.26. The molecule has 0 radical (unpaired) electrons. The van der Waals surface area contributed by atoms with Crippen LogP contribution in [-0.2, 0) is 14.3 Å². The molecule has 0 aliphatic carbocycles. The Balaban J connectivity index is 1.58. The molecule has 0 N–H and O–H groups in total. The van der Waals surface area contributed by atoms with Crippen molar-refractivity contribution < 1.29 is 14.3 Å². The van der Waals surface area contributed by atoms with Crippen molar-refractivity contribution in [1.29, 1.82) is 0 Å². The molecule has 4 heterocycles. The molecular formula is C22H29N5O3. The number of aryl methyl sites for hydroxylation is 2. The lowest BCUT2D eigenvalue weighted by atomic mass is 10.1. The molecule has 2 aromatic rings. The third kappa shape index (κ3) is 4.44. The molecule has 0 spiro atoms. The number of fused-ring (bicyclic) bond motifs is 3. The number of aromatic nitrogens is 3. The summed E-state index contributed by atoms with van der Waals surface area (Å²) in [4.78, 5) is 30.8. The zero-order chi connectivity index (χ0) is 21.1. The van der Waals surface area contributed by atoms with Crippen molar-refractivity contribution >= 4 is 11.9 Å². The third-order valence-corrected chi connectivity index (χ3v) is 5.65. The quantitative estimate of drug-likeness (QED) is 0.743. The normalized spacial score (nSPS) is 21.4. The van der Waals surface area contributed by atoms with Gasteiger partial charge in [-0.15, -0.1) is 0 Å². The smallest absolute Gasteiger partial charge is 0.248 e. The first kappa shape index (κ1) is 20.7. The van der Waals surface area contributed by atoms with Crippen LogP contribution >= 0.6 is 0 Å². The van der Waals surface area contributed by atoms with Gasteiger partial charge in [-0.25, -0.2) is 9.97 Å². The minimum Gasteiger partial charge on any atom is -0.379 e. The molecule has 1 amide bonds. The number of pyridine rings is 1. The largest absolute Gasteiger partial charge is 0.379 e. The molecule has 2 aliphatic heterocycles. The third-order valence-electron chi connectivity index (χ3n) is 5.65. The summed E-state index contributed by atoms with van der Waals surface area (Å²) in [6.07, 6.45) is 1.80. The Bertz CT molecular complexity index is 906. The maximum atomic E-state index is 12.7. The van der Waals surface area contributed by atoms with E-state index in [0.29, 0.717) is 38.9 Å². The van der Waals surface area contributed by atoms with Crippen LogP contribution in [0.5, 0.6) is 0 Å². The van der Waals surface area contributed by atoms with Gasteiger partial charge >= 0.3 is 0 Å². The molecule has 4 rings (SSSR count). The molecule has 2 saturated heterocycles. The number of hydrogen-bond acceptors (Lipinski definition) is 7. The van der Waals surface area contributed by atoms with Crippen molar-refractivity contribution in [1.82, 2.24) is 19.9 Å². The monoisotopic (exact) mass is 411 g/mol. The molecule has 30 heavy (non-hydrogen) atoms. The van der Waals surface area contributed by atoms with Gasteiger partial charge in [0.25, 0.3) is 0 Å². The van der Waals surface area contributed by atoms with Gasteiger partial charge in [0.2, 0.25) is 11.9 Å². The van der Waals surface area contributed by atoms with Gasteiger partial charge in [-0.1, -0.05) is 0 Å². The van der Waals surface area contributed by atoms with Crippen LogP contribution in [0.3, 0.4) is 0 Å². The first-order chi connectivity index (χ1) is 14.5. The topological polar surface area (TPSA) is 80.7 Å². The Morgan fingerprint density at radius 2 is 2.03 bits per heavy atom. The van der Waals surface area contributed by atoms with Crippen molar-refractivity contribution in [2.24, 2.45) is 5.92 Å². The number of hydrogen-bond donors (Lipinski definition) is 0. The SMILES string of the molecule is CCOCC(=O)N1C[C@H]2COC[C@@H]1CN(c1nccc(-c3ccc(C)nc3C)n1)C2. The van der Waals surface area contributed by atoms with Crippen LogP contribution in [0.1, 0.15) is 18.3 Å². The Morgan fingerprint density at radius 1 is 1.17 bits per heavy atom. The summed E-state index contributed by atoms with van der Waals surface area (Å²) in [5.41, 5.74) is 3.81. The molecular weight excluding hydrogens is 382 g/mol. The molecule has 2 bridgehead atoms. The fraction of sp³-hybridized carbons (Fsp3) is 0.545. The first-order valence-electron chi connectivity index (χ1n) is 10.5. The minimum absolute atomic E-state index is 0.0234. The standard InChI is InChI=1S/C22H29N5O3/c1-4-29-14-21(28)27-10-17-9-26(11-18(27)13-30-12-17)22-23-8-7-20(25-22)19-6-5-15(2)24-16(19)3/h5-8,17-18H,4,9-14H2,1-3H3/t17-,18-/m0/s1. The van der Waals surface area contributed by atoms with E-state index in [-0.39, 0.29) is 24.5 Å². The van der Waals surface area contributed by atoms with Crippen LogP contribution < -0.4 is 4.90 Å². The molecule has 2 atom stereocenters. The van der Waals surface area contributed by atoms with Crippen molar-refractivity contribution in [3.05, 3.63) is 35.8 Å². The Morgan fingerprint density at radius 3 is 2.83 bits per heavy atom. The van der Waals surface area contributed by atoms with Crippen LogP contribution in [-0.4, -0.2) is 77.9 Å². The Labute approximate surface area is 177 Å². The summed E-state index contributed by atoms with van der Waals surface area (Å²) in [7, 11) is 0. The number of anilines is 1. The van der Waals surface area contributed by atoms with Crippen LogP contribution in [0.4, 0.5) is 5.95 Å². The minimum atomic E-state index is -0.0412. The van der Waals surface area contributed by atoms with Crippen molar-refractivity contribution in [2.45, 2.75) is 26.8 Å². The zero-order valence-electron chi connectivity index (χ0n) is 17.9. The molecule has 0 saturated carbocycles. The lowest BCUT2D eigenvalue weighted by molar-refractivity contribution is -0.138. The number of rotatable bonds is 5. The fourth-order valence-electron chi connectivity index (χ4n) is 4.19. The van der Waals surface area contributed by atoms with E-state index in [1.165, 1.54) is 0 Å². The predicted octanol–water partition coefficient (Wildman–Crippen LogP) is 1.86. The number of amides is 1. The lowest BCUT2D eigenvalue weighted by Crippen LogP contribution is -2.48. The highest BCUT2D eigenvalue weighted by atomic mass is 16.5. The highest BCUT2D eigenvalue weighted by Gasteiger charge is 2.36. The Hall–Kier alpha value is -2.58. The number of carbonyl (C=O) groups excluding carboxylic acids is 1. The van der Waals surface area contributed by atoms with Crippen LogP contribution in [0.25, 0.3) is 11.3 Å². The second-order valence-corrected chi connectivity index (χ2v) is 7.97. The summed E-state index contributed by atoms with van der Waals surface area (Å²) in [6, 6.07) is 5.94. The molecule has 0 unspecified atom stereocenters. The van der Waals surface area contributed by atoms with Gasteiger partial charge in [-0.2, -0.15) is 0 Å². The van der Waals surface area contributed by atoms with Gasteiger partial charge in [0, 0.05) is 55.3 Å². The number of nitrogens with zero attached hydrogens (tertiary/aromatic N) is 5. The maximum Gasteiger partial charge on any atom is 0.248 e. The van der Waals surface area contributed by atoms with Crippen molar-refractivity contribution in [3.8, 4) is 11.3 Å². The molecule has 2 aromatic heterocycles. The average Bonchev–Trinajstić information content (AvgIpc) is 3.03. The molecule has 2 fully saturated rings. The second kappa shape index (κ2) is 9.06. The summed E-state index contributed by atoms with van der Waals surface area (Å²) >= 11 is 0. The Kier molecular flexibility index (Phi) is 6.24. The fourth-order valence-corrected chi connectivity index (χ4v) is 4.19. The van der Waals surface area contributed by atoms with E-state index in [1.807, 2.05) is 37.8 Å². The highest BCUT2D eigenvalue weighted by molar-refractivity contribution is 5.78. The maximum absolute atomic E-state index is 12.7. The summed E-state index contributed by atoms with van der Waals surface area (Å²) in [6.45, 7) is 9.75. The molecule has 8 nitrogen and oxygen atoms in total. The lowest BCUT2D eigenvalue weighted by Gasteiger charge is -2.31. The van der Waals surface area contributed by atoms with E-state index in [2.05, 4.69) is 20.9 Å². The van der Waals surface area contributed by atoms with E-state index in [1.54, 1.807) is 6.20 Å². The molecule has 160 valence electrons. The summed E-state index contributed by atoms with van der Waals surface area (Å²) in [5, 5.41) is 0. The van der Waals surface area contributed by atoms with Crippen LogP contribution in [0.15, 0.2) is 24.4 Å². The van der Waals surface area contributed by atoms with Crippen LogP contribution in [0, 0.1) is 19.8 Å². The van der Waals surface area contributed by atoms with Gasteiger partial charge < -0.3 is 19.3 Å². The van der Waals surface area contributed by atoms with Gasteiger partial charge in [-0.05, 0) is 39.0 Å². The molecule has 2 aliphatic rings.